The third kappa shape index (κ3) is 3.60. The van der Waals surface area contributed by atoms with Gasteiger partial charge in [0.1, 0.15) is 0 Å². The summed E-state index contributed by atoms with van der Waals surface area (Å²) in [5.74, 6) is -0.515. The molecule has 0 spiro atoms. The van der Waals surface area contributed by atoms with Crippen LogP contribution >= 0.6 is 0 Å². The van der Waals surface area contributed by atoms with Crippen LogP contribution in [0.1, 0.15) is 12.5 Å². The predicted octanol–water partition coefficient (Wildman–Crippen LogP) is 1.75. The van der Waals surface area contributed by atoms with Crippen LogP contribution in [0.2, 0.25) is 0 Å². The second-order valence-corrected chi connectivity index (χ2v) is 3.16. The van der Waals surface area contributed by atoms with Crippen molar-refractivity contribution in [1.29, 1.82) is 0 Å². The standard InChI is InChI=1S/C11H12N2O4/c1-2-17-11(14)6-3-8-7-9(13(15)16)4-5-10(8)12/h3-7H,2,12H2,1H3. The summed E-state index contributed by atoms with van der Waals surface area (Å²) in [5, 5.41) is 10.6. The Balaban J connectivity index is 2.93. The molecule has 1 rings (SSSR count). The molecule has 1 aromatic carbocycles. The fourth-order valence-corrected chi connectivity index (χ4v) is 1.17. The van der Waals surface area contributed by atoms with E-state index in [4.69, 9.17) is 5.73 Å². The molecule has 0 saturated heterocycles. The van der Waals surface area contributed by atoms with Gasteiger partial charge in [-0.25, -0.2) is 4.79 Å². The van der Waals surface area contributed by atoms with Gasteiger partial charge in [-0.1, -0.05) is 0 Å². The number of hydrogen-bond acceptors (Lipinski definition) is 5. The van der Waals surface area contributed by atoms with Crippen molar-refractivity contribution in [1.82, 2.24) is 0 Å². The average molecular weight is 236 g/mol. The lowest BCUT2D eigenvalue weighted by atomic mass is 10.1. The lowest BCUT2D eigenvalue weighted by Gasteiger charge is -2.00. The van der Waals surface area contributed by atoms with E-state index in [0.717, 1.165) is 0 Å². The second kappa shape index (κ2) is 5.64. The number of ether oxygens (including phenoxy) is 1. The molecule has 6 heteroatoms. The van der Waals surface area contributed by atoms with Crippen LogP contribution in [0, 0.1) is 10.1 Å². The van der Waals surface area contributed by atoms with Gasteiger partial charge in [0.05, 0.1) is 11.5 Å². The molecule has 0 aliphatic heterocycles. The largest absolute Gasteiger partial charge is 0.463 e. The van der Waals surface area contributed by atoms with Gasteiger partial charge in [0, 0.05) is 29.5 Å². The van der Waals surface area contributed by atoms with E-state index in [-0.39, 0.29) is 12.3 Å². The highest BCUT2D eigenvalue weighted by Crippen LogP contribution is 2.20. The van der Waals surface area contributed by atoms with Crippen molar-refractivity contribution in [3.05, 3.63) is 40.0 Å². The average Bonchev–Trinajstić information content (AvgIpc) is 2.28. The van der Waals surface area contributed by atoms with E-state index in [2.05, 4.69) is 4.74 Å². The summed E-state index contributed by atoms with van der Waals surface area (Å²) in [5.41, 5.74) is 6.31. The van der Waals surface area contributed by atoms with Gasteiger partial charge in [0.25, 0.3) is 5.69 Å². The first-order valence-corrected chi connectivity index (χ1v) is 4.93. The first-order chi connectivity index (χ1) is 8.04. The zero-order valence-corrected chi connectivity index (χ0v) is 9.25. The Bertz CT molecular complexity index is 469. The molecule has 0 aromatic heterocycles. The highest BCUT2D eigenvalue weighted by molar-refractivity contribution is 5.88. The van der Waals surface area contributed by atoms with Gasteiger partial charge in [0.15, 0.2) is 0 Å². The lowest BCUT2D eigenvalue weighted by Crippen LogP contribution is -1.99. The molecule has 0 amide bonds. The topological polar surface area (TPSA) is 95.5 Å². The van der Waals surface area contributed by atoms with Gasteiger partial charge >= 0.3 is 5.97 Å². The van der Waals surface area contributed by atoms with Crippen molar-refractivity contribution in [3.8, 4) is 0 Å². The van der Waals surface area contributed by atoms with Crippen molar-refractivity contribution in [2.24, 2.45) is 0 Å². The third-order valence-corrected chi connectivity index (χ3v) is 1.97. The number of carbonyl (C=O) groups excluding carboxylic acids is 1. The number of nitrogens with zero attached hydrogens (tertiary/aromatic N) is 1. The van der Waals surface area contributed by atoms with Crippen LogP contribution in [0.4, 0.5) is 11.4 Å². The maximum atomic E-state index is 11.1. The number of esters is 1. The molecule has 90 valence electrons. The Labute approximate surface area is 97.8 Å². The van der Waals surface area contributed by atoms with Crippen molar-refractivity contribution < 1.29 is 14.5 Å². The molecule has 2 N–H and O–H groups in total. The molecule has 0 bridgehead atoms. The summed E-state index contributed by atoms with van der Waals surface area (Å²) in [6.45, 7) is 1.96. The molecule has 17 heavy (non-hydrogen) atoms. The molecule has 1 aromatic rings. The van der Waals surface area contributed by atoms with E-state index in [1.807, 2.05) is 0 Å². The number of benzene rings is 1. The van der Waals surface area contributed by atoms with Gasteiger partial charge in [-0.05, 0) is 19.1 Å². The molecule has 0 aliphatic carbocycles. The summed E-state index contributed by atoms with van der Waals surface area (Å²) in [6, 6.07) is 4.02. The third-order valence-electron chi connectivity index (χ3n) is 1.97. The number of rotatable bonds is 4. The van der Waals surface area contributed by atoms with E-state index < -0.39 is 10.9 Å². The van der Waals surface area contributed by atoms with Crippen molar-refractivity contribution >= 4 is 23.4 Å². The van der Waals surface area contributed by atoms with Crippen LogP contribution in [0.15, 0.2) is 24.3 Å². The van der Waals surface area contributed by atoms with Gasteiger partial charge in [0.2, 0.25) is 0 Å². The maximum Gasteiger partial charge on any atom is 0.330 e. The molecule has 0 aliphatic rings. The molecule has 0 unspecified atom stereocenters. The SMILES string of the molecule is CCOC(=O)C=Cc1cc([N+](=O)[O-])ccc1N. The van der Waals surface area contributed by atoms with Gasteiger partial charge in [-0.3, -0.25) is 10.1 Å². The molecule has 0 saturated carbocycles. The van der Waals surface area contributed by atoms with E-state index >= 15 is 0 Å². The molecule has 0 radical (unpaired) electrons. The Morgan fingerprint density at radius 2 is 2.29 bits per heavy atom. The number of nitrogen functional groups attached to an aromatic ring is 1. The minimum Gasteiger partial charge on any atom is -0.463 e. The second-order valence-electron chi connectivity index (χ2n) is 3.16. The van der Waals surface area contributed by atoms with E-state index in [1.165, 1.54) is 30.4 Å². The fraction of sp³-hybridized carbons (Fsp3) is 0.182. The van der Waals surface area contributed by atoms with Gasteiger partial charge in [-0.15, -0.1) is 0 Å². The summed E-state index contributed by atoms with van der Waals surface area (Å²) in [6.07, 6.45) is 2.57. The van der Waals surface area contributed by atoms with Crippen molar-refractivity contribution in [3.63, 3.8) is 0 Å². The van der Waals surface area contributed by atoms with Gasteiger partial charge < -0.3 is 10.5 Å². The highest BCUT2D eigenvalue weighted by Gasteiger charge is 2.07. The smallest absolute Gasteiger partial charge is 0.330 e. The Hall–Kier alpha value is -2.37. The van der Waals surface area contributed by atoms with E-state index in [1.54, 1.807) is 6.92 Å². The van der Waals surface area contributed by atoms with E-state index in [9.17, 15) is 14.9 Å². The Morgan fingerprint density at radius 3 is 2.88 bits per heavy atom. The van der Waals surface area contributed by atoms with Crippen LogP contribution in [0.3, 0.4) is 0 Å². The van der Waals surface area contributed by atoms with Crippen LogP contribution in [-0.4, -0.2) is 17.5 Å². The summed E-state index contributed by atoms with van der Waals surface area (Å²) >= 11 is 0. The summed E-state index contributed by atoms with van der Waals surface area (Å²) in [7, 11) is 0. The van der Waals surface area contributed by atoms with Crippen molar-refractivity contribution in [2.45, 2.75) is 6.92 Å². The van der Waals surface area contributed by atoms with Crippen LogP contribution < -0.4 is 5.73 Å². The van der Waals surface area contributed by atoms with Crippen LogP contribution in [0.5, 0.6) is 0 Å². The monoisotopic (exact) mass is 236 g/mol. The predicted molar refractivity (Wildman–Crippen MR) is 63.2 cm³/mol. The lowest BCUT2D eigenvalue weighted by molar-refractivity contribution is -0.384. The minimum atomic E-state index is -0.527. The number of nitrogens with two attached hydrogens (primary N) is 1. The van der Waals surface area contributed by atoms with Crippen LogP contribution in [0.25, 0.3) is 6.08 Å². The summed E-state index contributed by atoms with van der Waals surface area (Å²) < 4.78 is 4.68. The first-order valence-electron chi connectivity index (χ1n) is 4.93. The number of anilines is 1. The molecule has 0 heterocycles. The summed E-state index contributed by atoms with van der Waals surface area (Å²) in [4.78, 5) is 21.1. The zero-order valence-electron chi connectivity index (χ0n) is 9.25. The fourth-order valence-electron chi connectivity index (χ4n) is 1.17. The van der Waals surface area contributed by atoms with E-state index in [0.29, 0.717) is 11.3 Å². The number of nitro groups is 1. The quantitative estimate of drug-likeness (QED) is 0.282. The normalized spacial score (nSPS) is 10.4. The minimum absolute atomic E-state index is 0.0808. The molecular weight excluding hydrogens is 224 g/mol. The molecule has 0 atom stereocenters. The Kier molecular flexibility index (Phi) is 4.21. The van der Waals surface area contributed by atoms with Crippen LogP contribution in [-0.2, 0) is 9.53 Å². The van der Waals surface area contributed by atoms with Crippen molar-refractivity contribution in [2.75, 3.05) is 12.3 Å². The number of carbonyl (C=O) groups is 1. The molecule has 6 nitrogen and oxygen atoms in total. The molecular formula is C11H12N2O4. The Morgan fingerprint density at radius 1 is 1.59 bits per heavy atom. The molecule has 0 fully saturated rings. The zero-order chi connectivity index (χ0) is 12.8. The number of non-ortho nitro benzene ring substituents is 1. The number of hydrogen-bond donors (Lipinski definition) is 1. The number of nitro benzene ring substituents is 1. The highest BCUT2D eigenvalue weighted by atomic mass is 16.6. The van der Waals surface area contributed by atoms with Gasteiger partial charge in [-0.2, -0.15) is 0 Å². The first kappa shape index (κ1) is 12.7. The maximum absolute atomic E-state index is 11.1.